The van der Waals surface area contributed by atoms with Crippen LogP contribution in [0.4, 0.5) is 0 Å². The van der Waals surface area contributed by atoms with Gasteiger partial charge in [0, 0.05) is 23.6 Å². The van der Waals surface area contributed by atoms with Crippen molar-refractivity contribution < 1.29 is 14.3 Å². The van der Waals surface area contributed by atoms with Crippen LogP contribution >= 0.6 is 0 Å². The molecule has 1 N–H and O–H groups in total. The summed E-state index contributed by atoms with van der Waals surface area (Å²) in [6.45, 7) is 0.792. The Morgan fingerprint density at radius 3 is 2.78 bits per heavy atom. The molecule has 1 aromatic heterocycles. The van der Waals surface area contributed by atoms with Gasteiger partial charge in [-0.2, -0.15) is 0 Å². The number of methoxy groups -OCH3 is 2. The molecule has 1 atom stereocenters. The van der Waals surface area contributed by atoms with Gasteiger partial charge in [0.25, 0.3) is 0 Å². The number of fused-ring (bicyclic) bond motifs is 1. The van der Waals surface area contributed by atoms with E-state index in [1.807, 2.05) is 47.5 Å². The molecule has 1 aliphatic rings. The highest BCUT2D eigenvalue weighted by molar-refractivity contribution is 5.89. The van der Waals surface area contributed by atoms with Gasteiger partial charge in [-0.25, -0.2) is 0 Å². The van der Waals surface area contributed by atoms with Crippen molar-refractivity contribution in [2.75, 3.05) is 20.8 Å². The van der Waals surface area contributed by atoms with Gasteiger partial charge in [-0.05, 0) is 42.2 Å². The molecule has 1 amide bonds. The topological polar surface area (TPSA) is 54.6 Å². The quantitative estimate of drug-likeness (QED) is 0.742. The van der Waals surface area contributed by atoms with Crippen molar-refractivity contribution in [1.29, 1.82) is 0 Å². The van der Waals surface area contributed by atoms with Crippen molar-refractivity contribution in [2.45, 2.75) is 25.3 Å². The molecule has 5 nitrogen and oxygen atoms in total. The number of ether oxygens (including phenoxy) is 2. The predicted octanol–water partition coefficient (Wildman–Crippen LogP) is 4.09. The number of aromatic amines is 1. The van der Waals surface area contributed by atoms with Crippen LogP contribution in [0.15, 0.2) is 48.7 Å². The minimum atomic E-state index is 0.0857. The monoisotopic (exact) mass is 364 g/mol. The number of benzene rings is 2. The summed E-state index contributed by atoms with van der Waals surface area (Å²) in [6, 6.07) is 14.1. The highest BCUT2D eigenvalue weighted by Crippen LogP contribution is 2.37. The first-order chi connectivity index (χ1) is 13.2. The van der Waals surface area contributed by atoms with E-state index in [0.717, 1.165) is 41.4 Å². The van der Waals surface area contributed by atoms with E-state index < -0.39 is 0 Å². The second-order valence-electron chi connectivity index (χ2n) is 6.90. The van der Waals surface area contributed by atoms with Crippen molar-refractivity contribution in [2.24, 2.45) is 0 Å². The first kappa shape index (κ1) is 17.5. The van der Waals surface area contributed by atoms with E-state index in [1.54, 1.807) is 14.2 Å². The molecule has 2 heterocycles. The number of likely N-dealkylation sites (tertiary alicyclic amines) is 1. The van der Waals surface area contributed by atoms with Crippen LogP contribution in [0.3, 0.4) is 0 Å². The van der Waals surface area contributed by atoms with Crippen molar-refractivity contribution in [3.05, 3.63) is 59.8 Å². The molecule has 1 unspecified atom stereocenters. The van der Waals surface area contributed by atoms with Gasteiger partial charge in [0.15, 0.2) is 11.5 Å². The SMILES string of the molecule is COc1ccc(C2CCCN2C(=O)Cc2c[nH]c3ccccc23)cc1OC. The number of para-hydroxylation sites is 1. The molecule has 0 spiro atoms. The van der Waals surface area contributed by atoms with Gasteiger partial charge >= 0.3 is 0 Å². The molecule has 140 valence electrons. The molecule has 0 saturated carbocycles. The Morgan fingerprint density at radius 2 is 1.96 bits per heavy atom. The molecule has 1 aliphatic heterocycles. The summed E-state index contributed by atoms with van der Waals surface area (Å²) in [5.74, 6) is 1.57. The standard InChI is InChI=1S/C22H24N2O3/c1-26-20-10-9-15(12-21(20)27-2)19-8-5-11-24(19)22(25)13-16-14-23-18-7-4-3-6-17(16)18/h3-4,6-7,9-10,12,14,19,23H,5,8,11,13H2,1-2H3. The lowest BCUT2D eigenvalue weighted by atomic mass is 10.0. The number of hydrogen-bond acceptors (Lipinski definition) is 3. The van der Waals surface area contributed by atoms with Crippen LogP contribution < -0.4 is 9.47 Å². The van der Waals surface area contributed by atoms with E-state index in [1.165, 1.54) is 0 Å². The number of nitrogens with one attached hydrogen (secondary N) is 1. The Labute approximate surface area is 158 Å². The summed E-state index contributed by atoms with van der Waals surface area (Å²) in [5, 5.41) is 1.12. The summed E-state index contributed by atoms with van der Waals surface area (Å²) >= 11 is 0. The van der Waals surface area contributed by atoms with Crippen LogP contribution in [-0.4, -0.2) is 36.6 Å². The zero-order valence-corrected chi connectivity index (χ0v) is 15.7. The number of carbonyl (C=O) groups excluding carboxylic acids is 1. The normalized spacial score (nSPS) is 16.7. The summed E-state index contributed by atoms with van der Waals surface area (Å²) in [5.41, 5.74) is 3.21. The van der Waals surface area contributed by atoms with Crippen molar-refractivity contribution in [1.82, 2.24) is 9.88 Å². The van der Waals surface area contributed by atoms with E-state index >= 15 is 0 Å². The maximum absolute atomic E-state index is 13.1. The third kappa shape index (κ3) is 3.25. The Bertz CT molecular complexity index is 963. The minimum Gasteiger partial charge on any atom is -0.493 e. The van der Waals surface area contributed by atoms with Crippen LogP contribution in [0.25, 0.3) is 10.9 Å². The molecular formula is C22H24N2O3. The van der Waals surface area contributed by atoms with Crippen LogP contribution in [0, 0.1) is 0 Å². The molecule has 4 rings (SSSR count). The van der Waals surface area contributed by atoms with E-state index in [-0.39, 0.29) is 11.9 Å². The number of hydrogen-bond donors (Lipinski definition) is 1. The fraction of sp³-hybridized carbons (Fsp3) is 0.318. The lowest BCUT2D eigenvalue weighted by Gasteiger charge is -2.26. The Kier molecular flexibility index (Phi) is 4.75. The minimum absolute atomic E-state index is 0.0857. The van der Waals surface area contributed by atoms with Gasteiger partial charge in [0.1, 0.15) is 0 Å². The highest BCUT2D eigenvalue weighted by Gasteiger charge is 2.30. The van der Waals surface area contributed by atoms with Gasteiger partial charge in [0.2, 0.25) is 5.91 Å². The van der Waals surface area contributed by atoms with Gasteiger partial charge in [-0.1, -0.05) is 24.3 Å². The fourth-order valence-corrected chi connectivity index (χ4v) is 4.01. The predicted molar refractivity (Wildman–Crippen MR) is 105 cm³/mol. The van der Waals surface area contributed by atoms with E-state index in [9.17, 15) is 4.79 Å². The zero-order valence-electron chi connectivity index (χ0n) is 15.7. The van der Waals surface area contributed by atoms with E-state index in [0.29, 0.717) is 17.9 Å². The van der Waals surface area contributed by atoms with Gasteiger partial charge in [0.05, 0.1) is 26.7 Å². The van der Waals surface area contributed by atoms with Gasteiger partial charge < -0.3 is 19.4 Å². The van der Waals surface area contributed by atoms with Crippen molar-refractivity contribution >= 4 is 16.8 Å². The zero-order chi connectivity index (χ0) is 18.8. The second-order valence-corrected chi connectivity index (χ2v) is 6.90. The number of nitrogens with zero attached hydrogens (tertiary/aromatic N) is 1. The molecule has 1 saturated heterocycles. The Balaban J connectivity index is 1.57. The van der Waals surface area contributed by atoms with E-state index in [2.05, 4.69) is 11.1 Å². The molecule has 27 heavy (non-hydrogen) atoms. The lowest BCUT2D eigenvalue weighted by molar-refractivity contribution is -0.131. The van der Waals surface area contributed by atoms with Crippen LogP contribution in [0.5, 0.6) is 11.5 Å². The lowest BCUT2D eigenvalue weighted by Crippen LogP contribution is -2.31. The molecule has 5 heteroatoms. The maximum Gasteiger partial charge on any atom is 0.227 e. The summed E-state index contributed by atoms with van der Waals surface area (Å²) < 4.78 is 10.8. The van der Waals surface area contributed by atoms with E-state index in [4.69, 9.17) is 9.47 Å². The maximum atomic E-state index is 13.1. The molecular weight excluding hydrogens is 340 g/mol. The average Bonchev–Trinajstić information content (AvgIpc) is 3.35. The number of carbonyl (C=O) groups is 1. The largest absolute Gasteiger partial charge is 0.493 e. The first-order valence-electron chi connectivity index (χ1n) is 9.27. The molecule has 3 aromatic rings. The number of aromatic nitrogens is 1. The molecule has 1 fully saturated rings. The van der Waals surface area contributed by atoms with Crippen molar-refractivity contribution in [3.63, 3.8) is 0 Å². The smallest absolute Gasteiger partial charge is 0.227 e. The number of rotatable bonds is 5. The van der Waals surface area contributed by atoms with Crippen LogP contribution in [0.2, 0.25) is 0 Å². The third-order valence-corrected chi connectivity index (χ3v) is 5.38. The Hall–Kier alpha value is -2.95. The van der Waals surface area contributed by atoms with Crippen molar-refractivity contribution in [3.8, 4) is 11.5 Å². The summed E-state index contributed by atoms with van der Waals surface area (Å²) in [4.78, 5) is 18.3. The van der Waals surface area contributed by atoms with Crippen LogP contribution in [0.1, 0.15) is 30.0 Å². The first-order valence-corrected chi connectivity index (χ1v) is 9.27. The fourth-order valence-electron chi connectivity index (χ4n) is 4.01. The molecule has 0 radical (unpaired) electrons. The average molecular weight is 364 g/mol. The summed E-state index contributed by atoms with van der Waals surface area (Å²) in [7, 11) is 3.26. The molecule has 2 aromatic carbocycles. The number of amides is 1. The van der Waals surface area contributed by atoms with Gasteiger partial charge in [-0.3, -0.25) is 4.79 Å². The van der Waals surface area contributed by atoms with Gasteiger partial charge in [-0.15, -0.1) is 0 Å². The highest BCUT2D eigenvalue weighted by atomic mass is 16.5. The number of H-pyrrole nitrogens is 1. The third-order valence-electron chi connectivity index (χ3n) is 5.38. The Morgan fingerprint density at radius 1 is 1.15 bits per heavy atom. The molecule has 0 aliphatic carbocycles. The summed E-state index contributed by atoms with van der Waals surface area (Å²) in [6.07, 6.45) is 4.34. The molecule has 0 bridgehead atoms. The van der Waals surface area contributed by atoms with Crippen LogP contribution in [-0.2, 0) is 11.2 Å². The second kappa shape index (κ2) is 7.35.